The lowest BCUT2D eigenvalue weighted by Crippen LogP contribution is -2.32. The van der Waals surface area contributed by atoms with Gasteiger partial charge < -0.3 is 5.11 Å². The van der Waals surface area contributed by atoms with Gasteiger partial charge in [-0.2, -0.15) is 0 Å². The van der Waals surface area contributed by atoms with Crippen molar-refractivity contribution >= 4 is 0 Å². The Labute approximate surface area is 50.7 Å². The van der Waals surface area contributed by atoms with Crippen LogP contribution in [-0.4, -0.2) is 11.2 Å². The van der Waals surface area contributed by atoms with Gasteiger partial charge in [-0.1, -0.05) is 6.92 Å². The molecule has 0 saturated heterocycles. The molecule has 3 unspecified atom stereocenters. The molecule has 1 fully saturated rings. The zero-order valence-corrected chi connectivity index (χ0v) is 5.59. The van der Waals surface area contributed by atoms with E-state index in [4.69, 9.17) is 5.11 Å². The molecule has 0 aromatic heterocycles. The zero-order valence-electron chi connectivity index (χ0n) is 5.59. The van der Waals surface area contributed by atoms with Crippen molar-refractivity contribution < 1.29 is 5.11 Å². The van der Waals surface area contributed by atoms with Gasteiger partial charge >= 0.3 is 0 Å². The maximum Gasteiger partial charge on any atom is 0.0542 e. The van der Waals surface area contributed by atoms with Crippen molar-refractivity contribution in [1.29, 1.82) is 0 Å². The highest BCUT2D eigenvalue weighted by Gasteiger charge is 2.29. The minimum Gasteiger partial charge on any atom is -0.393 e. The van der Waals surface area contributed by atoms with E-state index in [0.717, 1.165) is 5.92 Å². The fourth-order valence-electron chi connectivity index (χ4n) is 1.41. The van der Waals surface area contributed by atoms with Crippen molar-refractivity contribution in [2.45, 2.75) is 32.8 Å². The Hall–Kier alpha value is -0.0400. The first-order valence-electron chi connectivity index (χ1n) is 3.40. The summed E-state index contributed by atoms with van der Waals surface area (Å²) in [5.74, 6) is 1.38. The van der Waals surface area contributed by atoms with E-state index in [2.05, 4.69) is 6.92 Å². The molecule has 0 radical (unpaired) electrons. The van der Waals surface area contributed by atoms with Crippen molar-refractivity contribution in [3.05, 3.63) is 0 Å². The van der Waals surface area contributed by atoms with Crippen molar-refractivity contribution in [3.8, 4) is 0 Å². The van der Waals surface area contributed by atoms with Crippen LogP contribution in [0.4, 0.5) is 0 Å². The SMILES string of the molecule is CC(O)C1CCC1C. The Balaban J connectivity index is 2.26. The topological polar surface area (TPSA) is 20.2 Å². The maximum absolute atomic E-state index is 9.04. The van der Waals surface area contributed by atoms with Crippen molar-refractivity contribution in [2.75, 3.05) is 0 Å². The molecule has 1 aliphatic rings. The predicted molar refractivity (Wildman–Crippen MR) is 33.6 cm³/mol. The Bertz CT molecular complexity index is 73.7. The fourth-order valence-corrected chi connectivity index (χ4v) is 1.41. The molecule has 0 aromatic carbocycles. The van der Waals surface area contributed by atoms with E-state index in [0.29, 0.717) is 5.92 Å². The summed E-state index contributed by atoms with van der Waals surface area (Å²) in [6, 6.07) is 0. The Kier molecular flexibility index (Phi) is 1.57. The molecule has 0 amide bonds. The van der Waals surface area contributed by atoms with E-state index < -0.39 is 0 Å². The van der Waals surface area contributed by atoms with Gasteiger partial charge in [0.15, 0.2) is 0 Å². The van der Waals surface area contributed by atoms with Crippen LogP contribution in [0.25, 0.3) is 0 Å². The molecule has 0 spiro atoms. The van der Waals surface area contributed by atoms with Crippen LogP contribution >= 0.6 is 0 Å². The van der Waals surface area contributed by atoms with E-state index in [1.165, 1.54) is 12.8 Å². The minimum absolute atomic E-state index is 0.0706. The number of aliphatic hydroxyl groups is 1. The van der Waals surface area contributed by atoms with E-state index in [1.807, 2.05) is 6.92 Å². The van der Waals surface area contributed by atoms with Gasteiger partial charge in [0.1, 0.15) is 0 Å². The standard InChI is InChI=1S/C7H14O/c1-5-3-4-7(5)6(2)8/h5-8H,3-4H2,1-2H3. The van der Waals surface area contributed by atoms with Gasteiger partial charge in [0, 0.05) is 0 Å². The monoisotopic (exact) mass is 114 g/mol. The summed E-state index contributed by atoms with van der Waals surface area (Å²) in [7, 11) is 0. The molecule has 1 saturated carbocycles. The fraction of sp³-hybridized carbons (Fsp3) is 1.00. The van der Waals surface area contributed by atoms with E-state index in [-0.39, 0.29) is 6.10 Å². The van der Waals surface area contributed by atoms with Gasteiger partial charge in [-0.15, -0.1) is 0 Å². The van der Waals surface area contributed by atoms with Gasteiger partial charge in [0.2, 0.25) is 0 Å². The molecule has 0 aromatic rings. The second-order valence-electron chi connectivity index (χ2n) is 2.96. The Morgan fingerprint density at radius 3 is 2.12 bits per heavy atom. The highest BCUT2D eigenvalue weighted by molar-refractivity contribution is 4.80. The minimum atomic E-state index is -0.0706. The summed E-state index contributed by atoms with van der Waals surface area (Å²) in [5.41, 5.74) is 0. The first-order valence-corrected chi connectivity index (χ1v) is 3.40. The zero-order chi connectivity index (χ0) is 6.15. The number of hydrogen-bond acceptors (Lipinski definition) is 1. The highest BCUT2D eigenvalue weighted by Crippen LogP contribution is 2.35. The number of rotatable bonds is 1. The van der Waals surface area contributed by atoms with Crippen LogP contribution in [0.1, 0.15) is 26.7 Å². The lowest BCUT2D eigenvalue weighted by molar-refractivity contribution is 0.0336. The van der Waals surface area contributed by atoms with Crippen LogP contribution in [0.5, 0.6) is 0 Å². The van der Waals surface area contributed by atoms with Crippen molar-refractivity contribution in [3.63, 3.8) is 0 Å². The molecular formula is C7H14O. The second kappa shape index (κ2) is 2.06. The maximum atomic E-state index is 9.04. The van der Waals surface area contributed by atoms with E-state index in [1.54, 1.807) is 0 Å². The highest BCUT2D eigenvalue weighted by atomic mass is 16.3. The molecule has 3 atom stereocenters. The molecule has 1 heteroatoms. The molecule has 1 aliphatic carbocycles. The number of aliphatic hydroxyl groups excluding tert-OH is 1. The first kappa shape index (κ1) is 6.09. The van der Waals surface area contributed by atoms with Crippen LogP contribution < -0.4 is 0 Å². The van der Waals surface area contributed by atoms with Gasteiger partial charge in [0.25, 0.3) is 0 Å². The van der Waals surface area contributed by atoms with E-state index in [9.17, 15) is 0 Å². The molecular weight excluding hydrogens is 100 g/mol. The van der Waals surface area contributed by atoms with Crippen LogP contribution in [0, 0.1) is 11.8 Å². The Morgan fingerprint density at radius 2 is 2.12 bits per heavy atom. The molecule has 1 nitrogen and oxygen atoms in total. The summed E-state index contributed by atoms with van der Waals surface area (Å²) in [4.78, 5) is 0. The van der Waals surface area contributed by atoms with Crippen LogP contribution in [0.15, 0.2) is 0 Å². The summed E-state index contributed by atoms with van der Waals surface area (Å²) >= 11 is 0. The quantitative estimate of drug-likeness (QED) is 0.546. The molecule has 48 valence electrons. The summed E-state index contributed by atoms with van der Waals surface area (Å²) in [5, 5.41) is 9.04. The molecule has 1 N–H and O–H groups in total. The van der Waals surface area contributed by atoms with Gasteiger partial charge in [-0.3, -0.25) is 0 Å². The van der Waals surface area contributed by atoms with Gasteiger partial charge in [0.05, 0.1) is 6.10 Å². The van der Waals surface area contributed by atoms with Gasteiger partial charge in [-0.25, -0.2) is 0 Å². The summed E-state index contributed by atoms with van der Waals surface area (Å²) < 4.78 is 0. The van der Waals surface area contributed by atoms with E-state index >= 15 is 0 Å². The lowest BCUT2D eigenvalue weighted by Gasteiger charge is -2.35. The molecule has 8 heavy (non-hydrogen) atoms. The predicted octanol–water partition coefficient (Wildman–Crippen LogP) is 1.41. The normalized spacial score (nSPS) is 40.9. The first-order chi connectivity index (χ1) is 3.72. The van der Waals surface area contributed by atoms with Crippen LogP contribution in [-0.2, 0) is 0 Å². The summed E-state index contributed by atoms with van der Waals surface area (Å²) in [6.45, 7) is 4.10. The summed E-state index contributed by atoms with van der Waals surface area (Å²) in [6.07, 6.45) is 2.48. The lowest BCUT2D eigenvalue weighted by atomic mass is 9.72. The Morgan fingerprint density at radius 1 is 1.50 bits per heavy atom. The third-order valence-corrected chi connectivity index (χ3v) is 2.31. The average Bonchev–Trinajstić information content (AvgIpc) is 1.61. The second-order valence-corrected chi connectivity index (χ2v) is 2.96. The largest absolute Gasteiger partial charge is 0.393 e. The third kappa shape index (κ3) is 0.873. The smallest absolute Gasteiger partial charge is 0.0542 e. The molecule has 0 bridgehead atoms. The third-order valence-electron chi connectivity index (χ3n) is 2.31. The molecule has 1 rings (SSSR count). The van der Waals surface area contributed by atoms with Crippen molar-refractivity contribution in [1.82, 2.24) is 0 Å². The van der Waals surface area contributed by atoms with Crippen molar-refractivity contribution in [2.24, 2.45) is 11.8 Å². The number of hydrogen-bond donors (Lipinski definition) is 1. The van der Waals surface area contributed by atoms with Crippen LogP contribution in [0.3, 0.4) is 0 Å². The molecule has 0 aliphatic heterocycles. The molecule has 0 heterocycles. The average molecular weight is 114 g/mol. The van der Waals surface area contributed by atoms with Gasteiger partial charge in [-0.05, 0) is 31.6 Å². The van der Waals surface area contributed by atoms with Crippen LogP contribution in [0.2, 0.25) is 0 Å².